The summed E-state index contributed by atoms with van der Waals surface area (Å²) in [6.45, 7) is 11.6. The summed E-state index contributed by atoms with van der Waals surface area (Å²) in [7, 11) is 6.08. The van der Waals surface area contributed by atoms with Gasteiger partial charge in [-0.1, -0.05) is 13.8 Å². The van der Waals surface area contributed by atoms with Crippen molar-refractivity contribution < 1.29 is 4.74 Å². The summed E-state index contributed by atoms with van der Waals surface area (Å²) in [5, 5.41) is 11.0. The monoisotopic (exact) mass is 366 g/mol. The number of likely N-dealkylation sites (N-methyl/N-ethyl adjacent to an activating group) is 1. The van der Waals surface area contributed by atoms with Gasteiger partial charge in [-0.25, -0.2) is 0 Å². The normalized spacial score (nSPS) is 14.7. The zero-order chi connectivity index (χ0) is 19.5. The first-order chi connectivity index (χ1) is 12.4. The number of aromatic nitrogens is 2. The van der Waals surface area contributed by atoms with Gasteiger partial charge >= 0.3 is 0 Å². The molecule has 2 unspecified atom stereocenters. The summed E-state index contributed by atoms with van der Waals surface area (Å²) in [6.07, 6.45) is 5.21. The fourth-order valence-corrected chi connectivity index (χ4v) is 2.85. The molecule has 26 heavy (non-hydrogen) atoms. The second-order valence-electron chi connectivity index (χ2n) is 7.10. The maximum Gasteiger partial charge on any atom is 0.191 e. The number of aliphatic imine (C=N–C) groups is 1. The molecule has 0 aliphatic carbocycles. The summed E-state index contributed by atoms with van der Waals surface area (Å²) in [5.41, 5.74) is 1.17. The third kappa shape index (κ3) is 7.74. The van der Waals surface area contributed by atoms with E-state index in [1.807, 2.05) is 24.9 Å². The Balaban J connectivity index is 2.66. The van der Waals surface area contributed by atoms with Crippen molar-refractivity contribution >= 4 is 5.96 Å². The highest BCUT2D eigenvalue weighted by atomic mass is 16.5. The van der Waals surface area contributed by atoms with Gasteiger partial charge in [0, 0.05) is 38.5 Å². The molecule has 1 aromatic heterocycles. The molecule has 0 saturated heterocycles. The summed E-state index contributed by atoms with van der Waals surface area (Å²) >= 11 is 0. The van der Waals surface area contributed by atoms with Crippen molar-refractivity contribution in [1.82, 2.24) is 25.3 Å². The second-order valence-corrected chi connectivity index (χ2v) is 7.10. The van der Waals surface area contributed by atoms with Crippen LogP contribution in [0.5, 0.6) is 0 Å². The highest BCUT2D eigenvalue weighted by Gasteiger charge is 2.16. The third-order valence-electron chi connectivity index (χ3n) is 4.35. The second kappa shape index (κ2) is 11.9. The summed E-state index contributed by atoms with van der Waals surface area (Å²) in [4.78, 5) is 6.96. The van der Waals surface area contributed by atoms with Crippen molar-refractivity contribution in [3.05, 3.63) is 18.0 Å². The fourth-order valence-electron chi connectivity index (χ4n) is 2.85. The molecule has 150 valence electrons. The Hall–Kier alpha value is -1.60. The van der Waals surface area contributed by atoms with Gasteiger partial charge in [0.2, 0.25) is 0 Å². The molecule has 0 saturated carbocycles. The van der Waals surface area contributed by atoms with Gasteiger partial charge in [0.25, 0.3) is 0 Å². The van der Waals surface area contributed by atoms with Crippen LogP contribution < -0.4 is 10.6 Å². The Morgan fingerprint density at radius 2 is 2.04 bits per heavy atom. The largest absolute Gasteiger partial charge is 0.378 e. The molecule has 1 heterocycles. The molecular weight excluding hydrogens is 328 g/mol. The number of hydrogen-bond acceptors (Lipinski definition) is 4. The number of hydrogen-bond donors (Lipinski definition) is 2. The number of ether oxygens (including phenoxy) is 1. The molecule has 2 atom stereocenters. The van der Waals surface area contributed by atoms with Crippen molar-refractivity contribution in [1.29, 1.82) is 0 Å². The molecule has 7 heteroatoms. The standard InChI is InChI=1S/C19H38N6O/c1-8-20-19(21-11-10-18(15(3)4)26-9-2)22-13-17(24(5)6)16-12-23-25(7)14-16/h12,14-15,17-18H,8-11,13H2,1-7H3,(H2,20,21,22). The van der Waals surface area contributed by atoms with Gasteiger partial charge in [-0.2, -0.15) is 5.10 Å². The van der Waals surface area contributed by atoms with E-state index in [-0.39, 0.29) is 12.1 Å². The minimum atomic E-state index is 0.200. The van der Waals surface area contributed by atoms with E-state index in [4.69, 9.17) is 9.73 Å². The van der Waals surface area contributed by atoms with Crippen LogP contribution in [0.4, 0.5) is 0 Å². The maximum absolute atomic E-state index is 5.82. The quantitative estimate of drug-likeness (QED) is 0.463. The molecule has 0 amide bonds. The fraction of sp³-hybridized carbons (Fsp3) is 0.789. The van der Waals surface area contributed by atoms with E-state index in [1.165, 1.54) is 5.56 Å². The van der Waals surface area contributed by atoms with Gasteiger partial charge in [-0.15, -0.1) is 0 Å². The van der Waals surface area contributed by atoms with Crippen LogP contribution in [0, 0.1) is 5.92 Å². The molecule has 1 rings (SSSR count). The average molecular weight is 367 g/mol. The molecule has 0 radical (unpaired) electrons. The topological polar surface area (TPSA) is 66.7 Å². The van der Waals surface area contributed by atoms with Crippen LogP contribution in [-0.4, -0.2) is 67.1 Å². The molecule has 0 aliphatic rings. The number of guanidine groups is 1. The Morgan fingerprint density at radius 1 is 1.31 bits per heavy atom. The first kappa shape index (κ1) is 22.4. The third-order valence-corrected chi connectivity index (χ3v) is 4.35. The Bertz CT molecular complexity index is 526. The van der Waals surface area contributed by atoms with E-state index in [9.17, 15) is 0 Å². The zero-order valence-corrected chi connectivity index (χ0v) is 17.6. The Labute approximate surface area is 159 Å². The lowest BCUT2D eigenvalue weighted by molar-refractivity contribution is 0.0258. The van der Waals surface area contributed by atoms with Gasteiger partial charge in [0.15, 0.2) is 5.96 Å². The van der Waals surface area contributed by atoms with E-state index in [2.05, 4.69) is 61.7 Å². The smallest absolute Gasteiger partial charge is 0.191 e. The van der Waals surface area contributed by atoms with Crippen LogP contribution in [0.2, 0.25) is 0 Å². The predicted molar refractivity (Wildman–Crippen MR) is 108 cm³/mol. The summed E-state index contributed by atoms with van der Waals surface area (Å²) < 4.78 is 7.65. The number of nitrogens with zero attached hydrogens (tertiary/aromatic N) is 4. The lowest BCUT2D eigenvalue weighted by Gasteiger charge is -2.23. The number of rotatable bonds is 11. The van der Waals surface area contributed by atoms with Crippen molar-refractivity contribution in [2.45, 2.75) is 46.3 Å². The van der Waals surface area contributed by atoms with E-state index in [1.54, 1.807) is 0 Å². The van der Waals surface area contributed by atoms with Crippen molar-refractivity contribution in [3.8, 4) is 0 Å². The highest BCUT2D eigenvalue weighted by molar-refractivity contribution is 5.79. The summed E-state index contributed by atoms with van der Waals surface area (Å²) in [6, 6.07) is 0.200. The van der Waals surface area contributed by atoms with Crippen molar-refractivity contribution in [2.24, 2.45) is 18.0 Å². The number of nitrogens with one attached hydrogen (secondary N) is 2. The minimum absolute atomic E-state index is 0.200. The average Bonchev–Trinajstić information content (AvgIpc) is 2.99. The van der Waals surface area contributed by atoms with E-state index < -0.39 is 0 Å². The molecule has 0 bridgehead atoms. The van der Waals surface area contributed by atoms with Crippen LogP contribution in [0.25, 0.3) is 0 Å². The molecule has 7 nitrogen and oxygen atoms in total. The number of aryl methyl sites for hydroxylation is 1. The van der Waals surface area contributed by atoms with Gasteiger partial charge in [0.05, 0.1) is 24.9 Å². The predicted octanol–water partition coefficient (Wildman–Crippen LogP) is 2.03. The van der Waals surface area contributed by atoms with Gasteiger partial charge in [-0.3, -0.25) is 9.67 Å². The van der Waals surface area contributed by atoms with E-state index in [0.29, 0.717) is 12.5 Å². The van der Waals surface area contributed by atoms with Crippen molar-refractivity contribution in [2.75, 3.05) is 40.3 Å². The molecule has 0 spiro atoms. The van der Waals surface area contributed by atoms with Crippen molar-refractivity contribution in [3.63, 3.8) is 0 Å². The van der Waals surface area contributed by atoms with Gasteiger partial charge < -0.3 is 20.3 Å². The van der Waals surface area contributed by atoms with Crippen LogP contribution in [0.15, 0.2) is 17.4 Å². The van der Waals surface area contributed by atoms with Gasteiger partial charge in [-0.05, 0) is 40.3 Å². The van der Waals surface area contributed by atoms with Crippen LogP contribution in [-0.2, 0) is 11.8 Å². The van der Waals surface area contributed by atoms with Crippen LogP contribution in [0.3, 0.4) is 0 Å². The molecule has 0 fully saturated rings. The molecule has 0 aliphatic heterocycles. The highest BCUT2D eigenvalue weighted by Crippen LogP contribution is 2.17. The molecule has 1 aromatic rings. The first-order valence-corrected chi connectivity index (χ1v) is 9.67. The van der Waals surface area contributed by atoms with E-state index >= 15 is 0 Å². The Kier molecular flexibility index (Phi) is 10.3. The minimum Gasteiger partial charge on any atom is -0.378 e. The van der Waals surface area contributed by atoms with Gasteiger partial charge in [0.1, 0.15) is 0 Å². The lowest BCUT2D eigenvalue weighted by Crippen LogP contribution is -2.40. The molecule has 2 N–H and O–H groups in total. The summed E-state index contributed by atoms with van der Waals surface area (Å²) in [5.74, 6) is 1.36. The Morgan fingerprint density at radius 3 is 2.54 bits per heavy atom. The SMILES string of the molecule is CCNC(=NCC(c1cnn(C)c1)N(C)C)NCCC(OCC)C(C)C. The maximum atomic E-state index is 5.82. The molecular formula is C19H38N6O. The van der Waals surface area contributed by atoms with E-state index in [0.717, 1.165) is 32.1 Å². The lowest BCUT2D eigenvalue weighted by atomic mass is 10.0. The molecule has 0 aromatic carbocycles. The zero-order valence-electron chi connectivity index (χ0n) is 17.6. The van der Waals surface area contributed by atoms with Crippen LogP contribution in [0.1, 0.15) is 45.7 Å². The van der Waals surface area contributed by atoms with Crippen LogP contribution >= 0.6 is 0 Å². The first-order valence-electron chi connectivity index (χ1n) is 9.67.